The third kappa shape index (κ3) is 3.77. The van der Waals surface area contributed by atoms with Crippen molar-refractivity contribution in [3.05, 3.63) is 34.1 Å². The van der Waals surface area contributed by atoms with E-state index in [0.717, 1.165) is 16.6 Å². The van der Waals surface area contributed by atoms with E-state index in [1.54, 1.807) is 6.07 Å². The second-order valence-electron chi connectivity index (χ2n) is 5.00. The molecule has 0 spiro atoms. The summed E-state index contributed by atoms with van der Waals surface area (Å²) in [6.45, 7) is 2.70. The van der Waals surface area contributed by atoms with Crippen LogP contribution < -0.4 is 5.32 Å². The zero-order valence-electron chi connectivity index (χ0n) is 10.8. The van der Waals surface area contributed by atoms with E-state index in [-0.39, 0.29) is 5.82 Å². The molecule has 0 bridgehead atoms. The van der Waals surface area contributed by atoms with Gasteiger partial charge in [-0.3, -0.25) is 0 Å². The van der Waals surface area contributed by atoms with Crippen LogP contribution in [-0.2, 0) is 6.54 Å². The fourth-order valence-electron chi connectivity index (χ4n) is 2.45. The maximum absolute atomic E-state index is 13.5. The summed E-state index contributed by atoms with van der Waals surface area (Å²) < 4.78 is 14.5. The van der Waals surface area contributed by atoms with Crippen molar-refractivity contribution in [3.8, 4) is 0 Å². The number of nitrogens with one attached hydrogen (secondary N) is 1. The smallest absolute Gasteiger partial charge is 0.127 e. The van der Waals surface area contributed by atoms with Gasteiger partial charge in [-0.05, 0) is 44.6 Å². The lowest BCUT2D eigenvalue weighted by Crippen LogP contribution is -2.42. The summed E-state index contributed by atoms with van der Waals surface area (Å²) in [6, 6.07) is 5.67. The van der Waals surface area contributed by atoms with Crippen molar-refractivity contribution in [2.75, 3.05) is 20.1 Å². The van der Waals surface area contributed by atoms with Crippen molar-refractivity contribution in [3.63, 3.8) is 0 Å². The van der Waals surface area contributed by atoms with Gasteiger partial charge in [0, 0.05) is 29.2 Å². The first kappa shape index (κ1) is 14.0. The molecule has 1 fully saturated rings. The SMILES string of the molecule is CN1CCCCC1CNCc1cc(Br)ccc1F. The molecule has 0 aromatic heterocycles. The molecule has 0 radical (unpaired) electrons. The highest BCUT2D eigenvalue weighted by Crippen LogP contribution is 2.16. The molecule has 2 nitrogen and oxygen atoms in total. The van der Waals surface area contributed by atoms with Crippen LogP contribution in [0.25, 0.3) is 0 Å². The number of hydrogen-bond donors (Lipinski definition) is 1. The Balaban J connectivity index is 1.82. The average Bonchev–Trinajstić information content (AvgIpc) is 2.36. The molecule has 0 amide bonds. The largest absolute Gasteiger partial charge is 0.311 e. The Bertz CT molecular complexity index is 397. The molecule has 1 unspecified atom stereocenters. The molecule has 1 aromatic rings. The van der Waals surface area contributed by atoms with Crippen LogP contribution in [0.3, 0.4) is 0 Å². The van der Waals surface area contributed by atoms with Gasteiger partial charge in [0.25, 0.3) is 0 Å². The summed E-state index contributed by atoms with van der Waals surface area (Å²) in [6.07, 6.45) is 3.85. The Morgan fingerprint density at radius 1 is 1.44 bits per heavy atom. The van der Waals surface area contributed by atoms with Gasteiger partial charge in [-0.2, -0.15) is 0 Å². The first-order valence-corrected chi connectivity index (χ1v) is 7.31. The van der Waals surface area contributed by atoms with Gasteiger partial charge in [-0.15, -0.1) is 0 Å². The van der Waals surface area contributed by atoms with Crippen LogP contribution in [0, 0.1) is 5.82 Å². The molecule has 0 aliphatic carbocycles. The second kappa shape index (κ2) is 6.64. The standard InChI is InChI=1S/C14H20BrFN2/c1-18-7-3-2-4-13(18)10-17-9-11-8-12(15)5-6-14(11)16/h5-6,8,13,17H,2-4,7,9-10H2,1H3. The number of halogens is 2. The van der Waals surface area contributed by atoms with E-state index in [1.807, 2.05) is 6.07 Å². The molecule has 2 rings (SSSR count). The third-order valence-electron chi connectivity index (χ3n) is 3.62. The normalized spacial score (nSPS) is 21.2. The second-order valence-corrected chi connectivity index (χ2v) is 5.91. The Hall–Kier alpha value is -0.450. The van der Waals surface area contributed by atoms with E-state index in [4.69, 9.17) is 0 Å². The summed E-state index contributed by atoms with van der Waals surface area (Å²) in [5, 5.41) is 3.37. The molecule has 1 aliphatic heterocycles. The zero-order chi connectivity index (χ0) is 13.0. The minimum atomic E-state index is -0.136. The fourth-order valence-corrected chi connectivity index (χ4v) is 2.86. The molecule has 4 heteroatoms. The first-order chi connectivity index (χ1) is 8.66. The molecule has 18 heavy (non-hydrogen) atoms. The number of benzene rings is 1. The summed E-state index contributed by atoms with van der Waals surface area (Å²) in [5.74, 6) is -0.136. The van der Waals surface area contributed by atoms with Gasteiger partial charge in [0.05, 0.1) is 0 Å². The van der Waals surface area contributed by atoms with Crippen molar-refractivity contribution < 1.29 is 4.39 Å². The number of likely N-dealkylation sites (N-methyl/N-ethyl adjacent to an activating group) is 1. The van der Waals surface area contributed by atoms with Crippen molar-refractivity contribution in [2.24, 2.45) is 0 Å². The zero-order valence-corrected chi connectivity index (χ0v) is 12.3. The Morgan fingerprint density at radius 3 is 3.06 bits per heavy atom. The lowest BCUT2D eigenvalue weighted by Gasteiger charge is -2.32. The molecule has 1 saturated heterocycles. The van der Waals surface area contributed by atoms with E-state index in [0.29, 0.717) is 12.6 Å². The summed E-state index contributed by atoms with van der Waals surface area (Å²) >= 11 is 3.37. The van der Waals surface area contributed by atoms with Crippen LogP contribution in [0.2, 0.25) is 0 Å². The van der Waals surface area contributed by atoms with Crippen LogP contribution in [0.1, 0.15) is 24.8 Å². The van der Waals surface area contributed by atoms with Gasteiger partial charge in [0.2, 0.25) is 0 Å². The summed E-state index contributed by atoms with van der Waals surface area (Å²) in [5.41, 5.74) is 0.725. The predicted molar refractivity (Wildman–Crippen MR) is 76.1 cm³/mol. The minimum Gasteiger partial charge on any atom is -0.311 e. The number of nitrogens with zero attached hydrogens (tertiary/aromatic N) is 1. The van der Waals surface area contributed by atoms with Gasteiger partial charge in [0.15, 0.2) is 0 Å². The van der Waals surface area contributed by atoms with Gasteiger partial charge in [0.1, 0.15) is 5.82 Å². The molecule has 1 heterocycles. The van der Waals surface area contributed by atoms with Crippen molar-refractivity contribution in [1.29, 1.82) is 0 Å². The van der Waals surface area contributed by atoms with Crippen molar-refractivity contribution in [2.45, 2.75) is 31.8 Å². The van der Waals surface area contributed by atoms with E-state index in [1.165, 1.54) is 31.9 Å². The average molecular weight is 315 g/mol. The maximum Gasteiger partial charge on any atom is 0.127 e. The quantitative estimate of drug-likeness (QED) is 0.918. The first-order valence-electron chi connectivity index (χ1n) is 6.51. The third-order valence-corrected chi connectivity index (χ3v) is 4.12. The molecule has 1 N–H and O–H groups in total. The maximum atomic E-state index is 13.5. The van der Waals surface area contributed by atoms with Gasteiger partial charge < -0.3 is 10.2 Å². The number of likely N-dealkylation sites (tertiary alicyclic amines) is 1. The summed E-state index contributed by atoms with van der Waals surface area (Å²) in [4.78, 5) is 2.40. The predicted octanol–water partition coefficient (Wildman–Crippen LogP) is 3.16. The van der Waals surface area contributed by atoms with E-state index in [9.17, 15) is 4.39 Å². The summed E-state index contributed by atoms with van der Waals surface area (Å²) in [7, 11) is 2.17. The van der Waals surface area contributed by atoms with Crippen molar-refractivity contribution in [1.82, 2.24) is 10.2 Å². The van der Waals surface area contributed by atoms with Gasteiger partial charge in [-0.25, -0.2) is 4.39 Å². The topological polar surface area (TPSA) is 15.3 Å². The lowest BCUT2D eigenvalue weighted by molar-refractivity contribution is 0.181. The Morgan fingerprint density at radius 2 is 2.28 bits per heavy atom. The Labute approximate surface area is 117 Å². The van der Waals surface area contributed by atoms with Gasteiger partial charge in [-0.1, -0.05) is 22.4 Å². The van der Waals surface area contributed by atoms with Crippen LogP contribution in [0.15, 0.2) is 22.7 Å². The highest BCUT2D eigenvalue weighted by atomic mass is 79.9. The van der Waals surface area contributed by atoms with Crippen LogP contribution in [0.4, 0.5) is 4.39 Å². The number of piperidine rings is 1. The molecule has 1 aliphatic rings. The Kier molecular flexibility index (Phi) is 5.15. The molecule has 1 aromatic carbocycles. The van der Waals surface area contributed by atoms with E-state index < -0.39 is 0 Å². The lowest BCUT2D eigenvalue weighted by atomic mass is 10.0. The monoisotopic (exact) mass is 314 g/mol. The van der Waals surface area contributed by atoms with E-state index in [2.05, 4.69) is 33.2 Å². The highest BCUT2D eigenvalue weighted by molar-refractivity contribution is 9.10. The highest BCUT2D eigenvalue weighted by Gasteiger charge is 2.18. The number of rotatable bonds is 4. The van der Waals surface area contributed by atoms with E-state index >= 15 is 0 Å². The molecular weight excluding hydrogens is 295 g/mol. The fraction of sp³-hybridized carbons (Fsp3) is 0.571. The van der Waals surface area contributed by atoms with Gasteiger partial charge >= 0.3 is 0 Å². The number of hydrogen-bond acceptors (Lipinski definition) is 2. The van der Waals surface area contributed by atoms with Crippen LogP contribution in [0.5, 0.6) is 0 Å². The van der Waals surface area contributed by atoms with Crippen LogP contribution >= 0.6 is 15.9 Å². The molecule has 0 saturated carbocycles. The molecule has 1 atom stereocenters. The minimum absolute atomic E-state index is 0.136. The molecular formula is C14H20BrFN2. The van der Waals surface area contributed by atoms with Crippen LogP contribution in [-0.4, -0.2) is 31.1 Å². The molecule has 100 valence electrons. The van der Waals surface area contributed by atoms with Crippen molar-refractivity contribution >= 4 is 15.9 Å².